The molecule has 0 atom stereocenters. The Hall–Kier alpha value is -2.30. The third kappa shape index (κ3) is 2.15. The minimum atomic E-state index is -1.18. The topological polar surface area (TPSA) is 68.4 Å². The van der Waals surface area contributed by atoms with E-state index in [4.69, 9.17) is 9.47 Å². The molecule has 0 spiro atoms. The third-order valence-corrected chi connectivity index (χ3v) is 3.37. The molecule has 1 saturated heterocycles. The van der Waals surface area contributed by atoms with Crippen molar-refractivity contribution >= 4 is 22.8 Å². The number of benzene rings is 1. The van der Waals surface area contributed by atoms with Crippen LogP contribution in [-0.2, 0) is 25.5 Å². The highest BCUT2D eigenvalue weighted by molar-refractivity contribution is 5.97. The summed E-state index contributed by atoms with van der Waals surface area (Å²) in [6.45, 7) is 3.10. The van der Waals surface area contributed by atoms with Crippen molar-refractivity contribution in [2.75, 3.05) is 0 Å². The van der Waals surface area contributed by atoms with Gasteiger partial charge in [0.2, 0.25) is 0 Å². The molecule has 0 aliphatic carbocycles. The molecule has 2 aromatic rings. The van der Waals surface area contributed by atoms with Gasteiger partial charge in [-0.2, -0.15) is 0 Å². The van der Waals surface area contributed by atoms with Crippen LogP contribution in [0.4, 0.5) is 0 Å². The first-order valence-corrected chi connectivity index (χ1v) is 6.47. The van der Waals surface area contributed by atoms with Crippen molar-refractivity contribution in [3.05, 3.63) is 36.0 Å². The molecule has 1 aromatic carbocycles. The number of cyclic esters (lactones) is 2. The number of carbonyl (C=O) groups is 2. The van der Waals surface area contributed by atoms with Crippen LogP contribution in [0.3, 0.4) is 0 Å². The van der Waals surface area contributed by atoms with E-state index in [0.29, 0.717) is 0 Å². The minimum Gasteiger partial charge on any atom is -0.422 e. The predicted molar refractivity (Wildman–Crippen MR) is 71.8 cm³/mol. The first kappa shape index (κ1) is 12.7. The van der Waals surface area contributed by atoms with Gasteiger partial charge in [-0.1, -0.05) is 12.1 Å². The molecular formula is C15H15NO4. The number of fused-ring (bicyclic) bond motifs is 1. The van der Waals surface area contributed by atoms with Crippen LogP contribution in [0.5, 0.6) is 0 Å². The Bertz CT molecular complexity index is 666. The first-order valence-electron chi connectivity index (χ1n) is 6.47. The Morgan fingerprint density at radius 2 is 1.85 bits per heavy atom. The maximum absolute atomic E-state index is 12.0. The summed E-state index contributed by atoms with van der Waals surface area (Å²) in [7, 11) is 0. The molecule has 0 saturated carbocycles. The summed E-state index contributed by atoms with van der Waals surface area (Å²) < 4.78 is 10.3. The van der Waals surface area contributed by atoms with E-state index in [1.165, 1.54) is 0 Å². The van der Waals surface area contributed by atoms with Crippen LogP contribution in [-0.4, -0.2) is 22.7 Å². The Balaban J connectivity index is 1.89. The molecule has 2 heterocycles. The molecule has 1 aliphatic heterocycles. The molecule has 1 aliphatic rings. The lowest BCUT2D eigenvalue weighted by atomic mass is 9.96. The number of hydrogen-bond donors (Lipinski definition) is 1. The molecular weight excluding hydrogens is 258 g/mol. The highest BCUT2D eigenvalue weighted by Crippen LogP contribution is 2.27. The van der Waals surface area contributed by atoms with E-state index in [0.717, 1.165) is 16.5 Å². The van der Waals surface area contributed by atoms with Crippen molar-refractivity contribution in [2.24, 2.45) is 5.92 Å². The Kier molecular flexibility index (Phi) is 2.78. The van der Waals surface area contributed by atoms with Gasteiger partial charge in [-0.3, -0.25) is 9.59 Å². The van der Waals surface area contributed by atoms with Crippen molar-refractivity contribution < 1.29 is 19.1 Å². The Morgan fingerprint density at radius 3 is 2.55 bits per heavy atom. The molecule has 1 fully saturated rings. The summed E-state index contributed by atoms with van der Waals surface area (Å²) in [5.74, 6) is -3.13. The predicted octanol–water partition coefficient (Wildman–Crippen LogP) is 2.16. The Labute approximate surface area is 115 Å². The van der Waals surface area contributed by atoms with Gasteiger partial charge < -0.3 is 14.5 Å². The molecule has 0 unspecified atom stereocenters. The number of aromatic nitrogens is 1. The number of carbonyl (C=O) groups excluding carboxylic acids is 2. The Morgan fingerprint density at radius 1 is 1.15 bits per heavy atom. The average molecular weight is 273 g/mol. The van der Waals surface area contributed by atoms with Gasteiger partial charge in [-0.05, 0) is 24.1 Å². The zero-order chi connectivity index (χ0) is 14.3. The fourth-order valence-corrected chi connectivity index (χ4v) is 2.46. The molecule has 1 aromatic heterocycles. The largest absolute Gasteiger partial charge is 0.422 e. The van der Waals surface area contributed by atoms with Crippen molar-refractivity contribution in [1.82, 2.24) is 4.98 Å². The number of esters is 2. The van der Waals surface area contributed by atoms with Crippen LogP contribution in [0.1, 0.15) is 19.4 Å². The summed E-state index contributed by atoms with van der Waals surface area (Å²) in [5.41, 5.74) is 1.89. The molecule has 5 nitrogen and oxygen atoms in total. The number of nitrogens with one attached hydrogen (secondary N) is 1. The van der Waals surface area contributed by atoms with Gasteiger partial charge in [-0.25, -0.2) is 0 Å². The zero-order valence-electron chi connectivity index (χ0n) is 11.3. The fraction of sp³-hybridized carbons (Fsp3) is 0.333. The standard InChI is InChI=1S/C15H15NO4/c1-15(2)19-13(17)11(14(18)20-15)8-9-4-3-5-12-10(9)6-7-16-12/h3-7,11,16H,8H2,1-2H3. The van der Waals surface area contributed by atoms with Gasteiger partial charge in [0.25, 0.3) is 5.79 Å². The lowest BCUT2D eigenvalue weighted by molar-refractivity contribution is -0.239. The SMILES string of the molecule is CC1(C)OC(=O)C(Cc2cccc3[nH]ccc23)C(=O)O1. The first-order chi connectivity index (χ1) is 9.46. The number of rotatable bonds is 2. The number of aromatic amines is 1. The second kappa shape index (κ2) is 4.37. The summed E-state index contributed by atoms with van der Waals surface area (Å²) >= 11 is 0. The van der Waals surface area contributed by atoms with Crippen molar-refractivity contribution in [3.63, 3.8) is 0 Å². The average Bonchev–Trinajstić information content (AvgIpc) is 2.81. The maximum Gasteiger partial charge on any atom is 0.323 e. The van der Waals surface area contributed by atoms with Crippen LogP contribution >= 0.6 is 0 Å². The minimum absolute atomic E-state index is 0.281. The number of ether oxygens (including phenoxy) is 2. The zero-order valence-corrected chi connectivity index (χ0v) is 11.3. The normalized spacial score (nSPS) is 18.9. The van der Waals surface area contributed by atoms with Gasteiger partial charge in [0, 0.05) is 30.9 Å². The van der Waals surface area contributed by atoms with E-state index < -0.39 is 23.6 Å². The van der Waals surface area contributed by atoms with Gasteiger partial charge in [-0.15, -0.1) is 0 Å². The number of hydrogen-bond acceptors (Lipinski definition) is 4. The van der Waals surface area contributed by atoms with E-state index in [9.17, 15) is 9.59 Å². The van der Waals surface area contributed by atoms with Crippen LogP contribution in [0, 0.1) is 5.92 Å². The molecule has 0 amide bonds. The van der Waals surface area contributed by atoms with Crippen LogP contribution in [0.15, 0.2) is 30.5 Å². The van der Waals surface area contributed by atoms with Crippen LogP contribution < -0.4 is 0 Å². The fourth-order valence-electron chi connectivity index (χ4n) is 2.46. The lowest BCUT2D eigenvalue weighted by Crippen LogP contribution is -2.46. The molecule has 5 heteroatoms. The van der Waals surface area contributed by atoms with E-state index in [-0.39, 0.29) is 6.42 Å². The quantitative estimate of drug-likeness (QED) is 0.672. The second-order valence-corrected chi connectivity index (χ2v) is 5.35. The van der Waals surface area contributed by atoms with Crippen LogP contribution in [0.2, 0.25) is 0 Å². The van der Waals surface area contributed by atoms with Gasteiger partial charge in [0.1, 0.15) is 0 Å². The maximum atomic E-state index is 12.0. The molecule has 1 N–H and O–H groups in total. The van der Waals surface area contributed by atoms with E-state index in [1.54, 1.807) is 13.8 Å². The summed E-state index contributed by atoms with van der Waals surface area (Å²) in [4.78, 5) is 27.0. The molecule has 20 heavy (non-hydrogen) atoms. The smallest absolute Gasteiger partial charge is 0.323 e. The lowest BCUT2D eigenvalue weighted by Gasteiger charge is -2.32. The van der Waals surface area contributed by atoms with Crippen molar-refractivity contribution in [1.29, 1.82) is 0 Å². The van der Waals surface area contributed by atoms with Crippen LogP contribution in [0.25, 0.3) is 10.9 Å². The highest BCUT2D eigenvalue weighted by atomic mass is 16.7. The second-order valence-electron chi connectivity index (χ2n) is 5.35. The monoisotopic (exact) mass is 273 g/mol. The highest BCUT2D eigenvalue weighted by Gasteiger charge is 2.43. The molecule has 0 bridgehead atoms. The van der Waals surface area contributed by atoms with E-state index in [1.807, 2.05) is 30.5 Å². The van der Waals surface area contributed by atoms with Gasteiger partial charge in [0.15, 0.2) is 5.92 Å². The van der Waals surface area contributed by atoms with Crippen molar-refractivity contribution in [3.8, 4) is 0 Å². The number of H-pyrrole nitrogens is 1. The summed E-state index contributed by atoms with van der Waals surface area (Å²) in [6.07, 6.45) is 2.11. The van der Waals surface area contributed by atoms with Crippen molar-refractivity contribution in [2.45, 2.75) is 26.1 Å². The van der Waals surface area contributed by atoms with E-state index >= 15 is 0 Å². The summed E-state index contributed by atoms with van der Waals surface area (Å²) in [6, 6.07) is 7.65. The summed E-state index contributed by atoms with van der Waals surface area (Å²) in [5, 5.41) is 0.998. The van der Waals surface area contributed by atoms with Gasteiger partial charge in [0.05, 0.1) is 0 Å². The molecule has 0 radical (unpaired) electrons. The molecule has 3 rings (SSSR count). The molecule has 104 valence electrons. The third-order valence-electron chi connectivity index (χ3n) is 3.37. The van der Waals surface area contributed by atoms with E-state index in [2.05, 4.69) is 4.98 Å². The van der Waals surface area contributed by atoms with Gasteiger partial charge >= 0.3 is 11.9 Å².